The highest BCUT2D eigenvalue weighted by molar-refractivity contribution is 7.11. The first-order valence-electron chi connectivity index (χ1n) is 6.57. The van der Waals surface area contributed by atoms with Crippen molar-refractivity contribution >= 4 is 11.3 Å². The average molecular weight is 270 g/mol. The van der Waals surface area contributed by atoms with Gasteiger partial charge in [0.25, 0.3) is 0 Å². The summed E-state index contributed by atoms with van der Waals surface area (Å²) in [5.74, 6) is 0. The number of hydrogen-bond donors (Lipinski definition) is 1. The first-order valence-corrected chi connectivity index (χ1v) is 7.39. The minimum absolute atomic E-state index is 0.452. The van der Waals surface area contributed by atoms with Crippen molar-refractivity contribution in [3.8, 4) is 0 Å². The molecule has 0 fully saturated rings. The third kappa shape index (κ3) is 3.51. The van der Waals surface area contributed by atoms with E-state index in [9.17, 15) is 0 Å². The zero-order valence-corrected chi connectivity index (χ0v) is 12.0. The Bertz CT molecular complexity index is 368. The number of ether oxygens (including phenoxy) is 2. The van der Waals surface area contributed by atoms with Crippen LogP contribution in [-0.4, -0.2) is 39.0 Å². The molecular weight excluding hydrogens is 248 g/mol. The average Bonchev–Trinajstić information content (AvgIpc) is 2.81. The summed E-state index contributed by atoms with van der Waals surface area (Å²) >= 11 is 1.86. The standard InChI is InChI=1S/C13H22N2O2S/c1-14-10-4-3-5-11-13(10)15-12(18-11)6-7-17-9-8-16-2/h10,14H,3-9H2,1-2H3. The van der Waals surface area contributed by atoms with Crippen LogP contribution < -0.4 is 5.32 Å². The Morgan fingerprint density at radius 1 is 1.39 bits per heavy atom. The van der Waals surface area contributed by atoms with Crippen molar-refractivity contribution in [1.29, 1.82) is 0 Å². The predicted octanol–water partition coefficient (Wildman–Crippen LogP) is 1.95. The van der Waals surface area contributed by atoms with Crippen LogP contribution in [0.3, 0.4) is 0 Å². The number of methoxy groups -OCH3 is 1. The van der Waals surface area contributed by atoms with Gasteiger partial charge in [-0.15, -0.1) is 11.3 Å². The van der Waals surface area contributed by atoms with Crippen LogP contribution in [0.5, 0.6) is 0 Å². The van der Waals surface area contributed by atoms with Crippen LogP contribution >= 0.6 is 11.3 Å². The predicted molar refractivity (Wildman–Crippen MR) is 73.3 cm³/mol. The Hall–Kier alpha value is -0.490. The van der Waals surface area contributed by atoms with Crippen molar-refractivity contribution in [3.05, 3.63) is 15.6 Å². The molecule has 1 aliphatic rings. The first-order chi connectivity index (χ1) is 8.85. The van der Waals surface area contributed by atoms with E-state index in [1.807, 2.05) is 18.4 Å². The van der Waals surface area contributed by atoms with Crippen LogP contribution in [0.25, 0.3) is 0 Å². The maximum absolute atomic E-state index is 5.49. The summed E-state index contributed by atoms with van der Waals surface area (Å²) in [6.07, 6.45) is 4.58. The van der Waals surface area contributed by atoms with Gasteiger partial charge in [-0.3, -0.25) is 0 Å². The number of fused-ring (bicyclic) bond motifs is 1. The number of hydrogen-bond acceptors (Lipinski definition) is 5. The van der Waals surface area contributed by atoms with Crippen molar-refractivity contribution < 1.29 is 9.47 Å². The summed E-state index contributed by atoms with van der Waals surface area (Å²) in [5, 5.41) is 4.56. The van der Waals surface area contributed by atoms with Gasteiger partial charge in [-0.2, -0.15) is 0 Å². The number of aromatic nitrogens is 1. The van der Waals surface area contributed by atoms with Gasteiger partial charge in [0.2, 0.25) is 0 Å². The molecule has 1 N–H and O–H groups in total. The zero-order valence-electron chi connectivity index (χ0n) is 11.2. The second kappa shape index (κ2) is 7.19. The molecule has 18 heavy (non-hydrogen) atoms. The van der Waals surface area contributed by atoms with Gasteiger partial charge in [0.15, 0.2) is 0 Å². The van der Waals surface area contributed by atoms with Crippen LogP contribution in [0.15, 0.2) is 0 Å². The van der Waals surface area contributed by atoms with Crippen molar-refractivity contribution in [2.24, 2.45) is 0 Å². The van der Waals surface area contributed by atoms with Crippen molar-refractivity contribution in [2.45, 2.75) is 31.7 Å². The summed E-state index contributed by atoms with van der Waals surface area (Å²) < 4.78 is 10.4. The summed E-state index contributed by atoms with van der Waals surface area (Å²) in [6, 6.07) is 0.452. The second-order valence-corrected chi connectivity index (χ2v) is 5.67. The van der Waals surface area contributed by atoms with Gasteiger partial charge >= 0.3 is 0 Å². The van der Waals surface area contributed by atoms with Crippen LogP contribution in [0.4, 0.5) is 0 Å². The lowest BCUT2D eigenvalue weighted by Gasteiger charge is -2.19. The normalized spacial score (nSPS) is 18.9. The van der Waals surface area contributed by atoms with Crippen molar-refractivity contribution in [2.75, 3.05) is 34.0 Å². The van der Waals surface area contributed by atoms with Gasteiger partial charge in [0.1, 0.15) is 0 Å². The fraction of sp³-hybridized carbons (Fsp3) is 0.769. The highest BCUT2D eigenvalue weighted by atomic mass is 32.1. The molecule has 1 atom stereocenters. The molecule has 0 amide bonds. The molecule has 1 aliphatic carbocycles. The molecule has 2 rings (SSSR count). The third-order valence-corrected chi connectivity index (χ3v) is 4.43. The smallest absolute Gasteiger partial charge is 0.0954 e. The zero-order chi connectivity index (χ0) is 12.8. The van der Waals surface area contributed by atoms with Gasteiger partial charge < -0.3 is 14.8 Å². The SMILES string of the molecule is CNC1CCCc2sc(CCOCCOC)nc21. The molecule has 0 saturated heterocycles. The van der Waals surface area contributed by atoms with E-state index < -0.39 is 0 Å². The Kier molecular flexibility index (Phi) is 5.56. The van der Waals surface area contributed by atoms with Crippen molar-refractivity contribution in [3.63, 3.8) is 0 Å². The Morgan fingerprint density at radius 3 is 3.06 bits per heavy atom. The Morgan fingerprint density at radius 2 is 2.28 bits per heavy atom. The van der Waals surface area contributed by atoms with Crippen LogP contribution in [0.2, 0.25) is 0 Å². The minimum atomic E-state index is 0.452. The lowest BCUT2D eigenvalue weighted by Crippen LogP contribution is -2.21. The number of aryl methyl sites for hydroxylation is 1. The molecule has 0 radical (unpaired) electrons. The molecule has 0 saturated carbocycles. The van der Waals surface area contributed by atoms with E-state index in [4.69, 9.17) is 14.5 Å². The first kappa shape index (κ1) is 13.9. The maximum atomic E-state index is 5.49. The molecule has 0 aliphatic heterocycles. The molecule has 0 bridgehead atoms. The van der Waals surface area contributed by atoms with E-state index in [-0.39, 0.29) is 0 Å². The topological polar surface area (TPSA) is 43.4 Å². The molecular formula is C13H22N2O2S. The molecule has 1 aromatic rings. The maximum Gasteiger partial charge on any atom is 0.0954 e. The van der Waals surface area contributed by atoms with E-state index in [2.05, 4.69) is 5.32 Å². The lowest BCUT2D eigenvalue weighted by molar-refractivity contribution is 0.0722. The minimum Gasteiger partial charge on any atom is -0.382 e. The highest BCUT2D eigenvalue weighted by Crippen LogP contribution is 2.33. The molecule has 4 nitrogen and oxygen atoms in total. The fourth-order valence-corrected chi connectivity index (χ4v) is 3.41. The van der Waals surface area contributed by atoms with E-state index in [0.717, 1.165) is 13.0 Å². The second-order valence-electron chi connectivity index (χ2n) is 4.50. The number of nitrogens with one attached hydrogen (secondary N) is 1. The molecule has 102 valence electrons. The molecule has 0 aromatic carbocycles. The third-order valence-electron chi connectivity index (χ3n) is 3.24. The highest BCUT2D eigenvalue weighted by Gasteiger charge is 2.23. The van der Waals surface area contributed by atoms with Gasteiger partial charge in [-0.1, -0.05) is 0 Å². The van der Waals surface area contributed by atoms with E-state index in [0.29, 0.717) is 19.3 Å². The summed E-state index contributed by atoms with van der Waals surface area (Å²) in [6.45, 7) is 2.07. The Labute approximate surface area is 113 Å². The van der Waals surface area contributed by atoms with E-state index in [1.165, 1.54) is 34.8 Å². The largest absolute Gasteiger partial charge is 0.382 e. The van der Waals surface area contributed by atoms with E-state index in [1.54, 1.807) is 7.11 Å². The van der Waals surface area contributed by atoms with Crippen LogP contribution in [-0.2, 0) is 22.3 Å². The number of thiazole rings is 1. The monoisotopic (exact) mass is 270 g/mol. The summed E-state index contributed by atoms with van der Waals surface area (Å²) in [4.78, 5) is 6.23. The van der Waals surface area contributed by atoms with E-state index >= 15 is 0 Å². The van der Waals surface area contributed by atoms with Crippen molar-refractivity contribution in [1.82, 2.24) is 10.3 Å². The van der Waals surface area contributed by atoms with Crippen LogP contribution in [0.1, 0.15) is 34.5 Å². The molecule has 1 unspecified atom stereocenters. The molecule has 5 heteroatoms. The van der Waals surface area contributed by atoms with Gasteiger partial charge in [-0.05, 0) is 26.3 Å². The molecule has 1 aromatic heterocycles. The van der Waals surface area contributed by atoms with Gasteiger partial charge in [-0.25, -0.2) is 4.98 Å². The molecule has 0 spiro atoms. The lowest BCUT2D eigenvalue weighted by atomic mass is 9.98. The quantitative estimate of drug-likeness (QED) is 0.769. The summed E-state index contributed by atoms with van der Waals surface area (Å²) in [5.41, 5.74) is 1.28. The van der Waals surface area contributed by atoms with Gasteiger partial charge in [0, 0.05) is 18.4 Å². The number of nitrogens with zero attached hydrogens (tertiary/aromatic N) is 1. The Balaban J connectivity index is 1.85. The number of rotatable bonds is 7. The molecule has 1 heterocycles. The summed E-state index contributed by atoms with van der Waals surface area (Å²) in [7, 11) is 3.71. The van der Waals surface area contributed by atoms with Crippen LogP contribution in [0, 0.1) is 0 Å². The fourth-order valence-electron chi connectivity index (χ4n) is 2.26. The van der Waals surface area contributed by atoms with Gasteiger partial charge in [0.05, 0.1) is 36.6 Å².